The van der Waals surface area contributed by atoms with Crippen molar-refractivity contribution < 1.29 is 9.53 Å². The number of anilines is 1. The molecular weight excluding hydrogens is 302 g/mol. The van der Waals surface area contributed by atoms with Gasteiger partial charge in [0.1, 0.15) is 5.75 Å². The Morgan fingerprint density at radius 2 is 2.08 bits per heavy atom. The second-order valence-electron chi connectivity index (χ2n) is 5.79. The van der Waals surface area contributed by atoms with Crippen LogP contribution in [0.4, 0.5) is 5.69 Å². The Hall–Kier alpha value is -3.08. The van der Waals surface area contributed by atoms with Crippen molar-refractivity contribution in [3.8, 4) is 5.75 Å². The SMILES string of the molecule is O=C(Nc1cnn(Cc2ccccc2)c1)c1ccc2c(c1)CCO2. The number of rotatable bonds is 4. The van der Waals surface area contributed by atoms with Gasteiger partial charge in [-0.15, -0.1) is 0 Å². The maximum atomic E-state index is 12.4. The number of fused-ring (bicyclic) bond motifs is 1. The molecule has 0 atom stereocenters. The van der Waals surface area contributed by atoms with Crippen molar-refractivity contribution in [1.82, 2.24) is 9.78 Å². The second-order valence-corrected chi connectivity index (χ2v) is 5.79. The maximum Gasteiger partial charge on any atom is 0.255 e. The summed E-state index contributed by atoms with van der Waals surface area (Å²) in [6.07, 6.45) is 4.35. The zero-order chi connectivity index (χ0) is 16.4. The third-order valence-corrected chi connectivity index (χ3v) is 4.03. The number of amides is 1. The lowest BCUT2D eigenvalue weighted by atomic mass is 10.1. The molecule has 1 aliphatic rings. The van der Waals surface area contributed by atoms with Crippen LogP contribution in [0.5, 0.6) is 5.75 Å². The summed E-state index contributed by atoms with van der Waals surface area (Å²) in [4.78, 5) is 12.4. The predicted molar refractivity (Wildman–Crippen MR) is 91.4 cm³/mol. The molecule has 4 rings (SSSR count). The maximum absolute atomic E-state index is 12.4. The van der Waals surface area contributed by atoms with Gasteiger partial charge >= 0.3 is 0 Å². The summed E-state index contributed by atoms with van der Waals surface area (Å²) in [6, 6.07) is 15.6. The molecule has 3 aromatic rings. The Morgan fingerprint density at radius 1 is 1.21 bits per heavy atom. The summed E-state index contributed by atoms with van der Waals surface area (Å²) >= 11 is 0. The lowest BCUT2D eigenvalue weighted by Gasteiger charge is -2.05. The van der Waals surface area contributed by atoms with Crippen LogP contribution in [-0.2, 0) is 13.0 Å². The van der Waals surface area contributed by atoms with Crippen molar-refractivity contribution in [2.24, 2.45) is 0 Å². The Morgan fingerprint density at radius 3 is 2.96 bits per heavy atom. The smallest absolute Gasteiger partial charge is 0.255 e. The summed E-state index contributed by atoms with van der Waals surface area (Å²) in [5.74, 6) is 0.742. The lowest BCUT2D eigenvalue weighted by molar-refractivity contribution is 0.102. The van der Waals surface area contributed by atoms with Crippen LogP contribution in [0.1, 0.15) is 21.5 Å². The molecule has 2 aromatic carbocycles. The highest BCUT2D eigenvalue weighted by Gasteiger charge is 2.15. The van der Waals surface area contributed by atoms with Gasteiger partial charge in [-0.3, -0.25) is 9.48 Å². The summed E-state index contributed by atoms with van der Waals surface area (Å²) in [7, 11) is 0. The van der Waals surface area contributed by atoms with Gasteiger partial charge in [0.05, 0.1) is 25.0 Å². The van der Waals surface area contributed by atoms with Crippen molar-refractivity contribution in [1.29, 1.82) is 0 Å². The first-order chi connectivity index (χ1) is 11.8. The molecule has 1 N–H and O–H groups in total. The fourth-order valence-electron chi connectivity index (χ4n) is 2.82. The van der Waals surface area contributed by atoms with E-state index in [1.54, 1.807) is 12.3 Å². The van der Waals surface area contributed by atoms with Crippen LogP contribution in [0.25, 0.3) is 0 Å². The summed E-state index contributed by atoms with van der Waals surface area (Å²) in [5, 5.41) is 7.19. The minimum absolute atomic E-state index is 0.135. The fraction of sp³-hybridized carbons (Fsp3) is 0.158. The van der Waals surface area contributed by atoms with Crippen LogP contribution in [0.15, 0.2) is 60.9 Å². The molecule has 0 unspecified atom stereocenters. The monoisotopic (exact) mass is 319 g/mol. The van der Waals surface area contributed by atoms with Gasteiger partial charge in [0.2, 0.25) is 0 Å². The number of aromatic nitrogens is 2. The van der Waals surface area contributed by atoms with Gasteiger partial charge < -0.3 is 10.1 Å². The van der Waals surface area contributed by atoms with E-state index >= 15 is 0 Å². The van der Waals surface area contributed by atoms with Gasteiger partial charge in [0.15, 0.2) is 0 Å². The van der Waals surface area contributed by atoms with Crippen LogP contribution in [0, 0.1) is 0 Å². The molecule has 0 aliphatic carbocycles. The Kier molecular flexibility index (Phi) is 3.75. The van der Waals surface area contributed by atoms with E-state index in [4.69, 9.17) is 4.74 Å². The predicted octanol–water partition coefficient (Wildman–Crippen LogP) is 3.12. The largest absolute Gasteiger partial charge is 0.493 e. The third-order valence-electron chi connectivity index (χ3n) is 4.03. The van der Waals surface area contributed by atoms with Crippen molar-refractivity contribution in [2.45, 2.75) is 13.0 Å². The number of nitrogens with one attached hydrogen (secondary N) is 1. The Balaban J connectivity index is 1.45. The number of hydrogen-bond acceptors (Lipinski definition) is 3. The van der Waals surface area contributed by atoms with Crippen molar-refractivity contribution >= 4 is 11.6 Å². The molecule has 5 heteroatoms. The van der Waals surface area contributed by atoms with Gasteiger partial charge in [-0.05, 0) is 29.3 Å². The summed E-state index contributed by atoms with van der Waals surface area (Å²) < 4.78 is 7.27. The van der Waals surface area contributed by atoms with E-state index in [-0.39, 0.29) is 5.91 Å². The minimum Gasteiger partial charge on any atom is -0.493 e. The van der Waals surface area contributed by atoms with Crippen LogP contribution >= 0.6 is 0 Å². The van der Waals surface area contributed by atoms with E-state index in [2.05, 4.69) is 10.4 Å². The minimum atomic E-state index is -0.135. The van der Waals surface area contributed by atoms with Gasteiger partial charge in [-0.1, -0.05) is 30.3 Å². The van der Waals surface area contributed by atoms with Crippen molar-refractivity contribution in [3.05, 3.63) is 77.6 Å². The Bertz CT molecular complexity index is 871. The normalized spacial score (nSPS) is 12.5. The zero-order valence-electron chi connectivity index (χ0n) is 13.1. The van der Waals surface area contributed by atoms with Gasteiger partial charge in [-0.2, -0.15) is 5.10 Å². The first-order valence-electron chi connectivity index (χ1n) is 7.91. The van der Waals surface area contributed by atoms with E-state index in [0.29, 0.717) is 24.4 Å². The highest BCUT2D eigenvalue weighted by molar-refractivity contribution is 6.04. The van der Waals surface area contributed by atoms with E-state index in [1.165, 1.54) is 0 Å². The number of carbonyl (C=O) groups excluding carboxylic acids is 1. The molecule has 0 spiro atoms. The molecule has 1 aromatic heterocycles. The third kappa shape index (κ3) is 3.01. The van der Waals surface area contributed by atoms with Gasteiger partial charge in [-0.25, -0.2) is 0 Å². The number of carbonyl (C=O) groups is 1. The molecule has 5 nitrogen and oxygen atoms in total. The average Bonchev–Trinajstić information content (AvgIpc) is 3.24. The number of ether oxygens (including phenoxy) is 1. The van der Waals surface area contributed by atoms with Gasteiger partial charge in [0.25, 0.3) is 5.91 Å². The van der Waals surface area contributed by atoms with E-state index in [0.717, 1.165) is 23.3 Å². The number of hydrogen-bond donors (Lipinski definition) is 1. The quantitative estimate of drug-likeness (QED) is 0.804. The summed E-state index contributed by atoms with van der Waals surface area (Å²) in [5.41, 5.74) is 3.57. The second kappa shape index (κ2) is 6.20. The molecule has 0 saturated carbocycles. The molecular formula is C19H17N3O2. The van der Waals surface area contributed by atoms with E-state index < -0.39 is 0 Å². The molecule has 0 saturated heterocycles. The first kappa shape index (κ1) is 14.5. The molecule has 1 aliphatic heterocycles. The molecule has 1 amide bonds. The standard InChI is InChI=1S/C19H17N3O2/c23-19(16-6-7-18-15(10-16)8-9-24-18)21-17-11-20-22(13-17)12-14-4-2-1-3-5-14/h1-7,10-11,13H,8-9,12H2,(H,21,23). The number of benzene rings is 2. The molecule has 24 heavy (non-hydrogen) atoms. The molecule has 2 heterocycles. The van der Waals surface area contributed by atoms with Crippen LogP contribution < -0.4 is 10.1 Å². The van der Waals surface area contributed by atoms with Crippen LogP contribution in [0.2, 0.25) is 0 Å². The van der Waals surface area contributed by atoms with Crippen molar-refractivity contribution in [3.63, 3.8) is 0 Å². The van der Waals surface area contributed by atoms with E-state index in [1.807, 2.05) is 53.3 Å². The zero-order valence-corrected chi connectivity index (χ0v) is 13.1. The Labute approximate surface area is 139 Å². The van der Waals surface area contributed by atoms with Crippen molar-refractivity contribution in [2.75, 3.05) is 11.9 Å². The van der Waals surface area contributed by atoms with Crippen LogP contribution in [-0.4, -0.2) is 22.3 Å². The van der Waals surface area contributed by atoms with Crippen LogP contribution in [0.3, 0.4) is 0 Å². The number of nitrogens with zero attached hydrogens (tertiary/aromatic N) is 2. The highest BCUT2D eigenvalue weighted by atomic mass is 16.5. The molecule has 0 radical (unpaired) electrons. The topological polar surface area (TPSA) is 56.2 Å². The van der Waals surface area contributed by atoms with Gasteiger partial charge in [0, 0.05) is 18.2 Å². The highest BCUT2D eigenvalue weighted by Crippen LogP contribution is 2.26. The first-order valence-corrected chi connectivity index (χ1v) is 7.91. The average molecular weight is 319 g/mol. The summed E-state index contributed by atoms with van der Waals surface area (Å²) in [6.45, 7) is 1.36. The lowest BCUT2D eigenvalue weighted by Crippen LogP contribution is -2.11. The molecule has 0 bridgehead atoms. The fourth-order valence-corrected chi connectivity index (χ4v) is 2.82. The van der Waals surface area contributed by atoms with E-state index in [9.17, 15) is 4.79 Å². The molecule has 120 valence electrons. The molecule has 0 fully saturated rings.